The van der Waals surface area contributed by atoms with Crippen molar-refractivity contribution in [2.45, 2.75) is 33.7 Å². The van der Waals surface area contributed by atoms with Crippen molar-refractivity contribution in [3.8, 4) is 0 Å². The first-order chi connectivity index (χ1) is 11.5. The van der Waals surface area contributed by atoms with Gasteiger partial charge in [0.25, 0.3) is 11.3 Å². The fourth-order valence-electron chi connectivity index (χ4n) is 2.52. The number of anilines is 1. The molecule has 0 bridgehead atoms. The number of nitrogens with zero attached hydrogens (tertiary/aromatic N) is 3. The summed E-state index contributed by atoms with van der Waals surface area (Å²) in [5, 5.41) is 6.84. The minimum Gasteiger partial charge on any atom is -0.335 e. The maximum atomic E-state index is 12.5. The summed E-state index contributed by atoms with van der Waals surface area (Å²) in [7, 11) is 0. The maximum absolute atomic E-state index is 12.5. The smallest absolute Gasteiger partial charge is 0.267 e. The first kappa shape index (κ1) is 15.9. The van der Waals surface area contributed by atoms with Crippen LogP contribution < -0.4 is 10.9 Å². The molecule has 1 amide bonds. The van der Waals surface area contributed by atoms with Crippen molar-refractivity contribution in [3.05, 3.63) is 51.7 Å². The lowest BCUT2D eigenvalue weighted by atomic mass is 10.1. The highest BCUT2D eigenvalue weighted by Gasteiger charge is 2.16. The number of fused-ring (bicyclic) bond motifs is 1. The molecule has 7 nitrogen and oxygen atoms in total. The predicted molar refractivity (Wildman–Crippen MR) is 90.0 cm³/mol. The second-order valence-corrected chi connectivity index (χ2v) is 5.60. The number of aryl methyl sites for hydroxylation is 3. The standard InChI is InChI=1S/C17H18N4O3/c1-4-12-5-7-13(8-6-12)19-14(22)9-21-11(3)18-16-15(17(21)23)10(2)20-24-16/h5-8H,4,9H2,1-3H3,(H,19,22). The predicted octanol–water partition coefficient (Wildman–Crippen LogP) is 2.20. The van der Waals surface area contributed by atoms with Gasteiger partial charge in [0.2, 0.25) is 5.91 Å². The van der Waals surface area contributed by atoms with E-state index in [1.54, 1.807) is 13.8 Å². The van der Waals surface area contributed by atoms with Crippen LogP contribution in [0.5, 0.6) is 0 Å². The number of hydrogen-bond donors (Lipinski definition) is 1. The number of carbonyl (C=O) groups is 1. The van der Waals surface area contributed by atoms with Gasteiger partial charge in [-0.2, -0.15) is 4.98 Å². The molecular formula is C17H18N4O3. The molecule has 0 spiro atoms. The van der Waals surface area contributed by atoms with Crippen LogP contribution in [0, 0.1) is 13.8 Å². The van der Waals surface area contributed by atoms with Crippen molar-refractivity contribution < 1.29 is 9.32 Å². The number of rotatable bonds is 4. The van der Waals surface area contributed by atoms with E-state index in [1.165, 1.54) is 10.1 Å². The Morgan fingerprint density at radius 2 is 1.96 bits per heavy atom. The first-order valence-electron chi connectivity index (χ1n) is 7.71. The van der Waals surface area contributed by atoms with Crippen molar-refractivity contribution >= 4 is 22.7 Å². The highest BCUT2D eigenvalue weighted by atomic mass is 16.5. The lowest BCUT2D eigenvalue weighted by Gasteiger charge is -2.10. The van der Waals surface area contributed by atoms with Crippen LogP contribution in [-0.2, 0) is 17.8 Å². The van der Waals surface area contributed by atoms with Gasteiger partial charge in [0.05, 0.1) is 5.69 Å². The van der Waals surface area contributed by atoms with Gasteiger partial charge in [-0.05, 0) is 38.0 Å². The van der Waals surface area contributed by atoms with Gasteiger partial charge in [-0.15, -0.1) is 0 Å². The molecule has 0 saturated carbocycles. The average molecular weight is 326 g/mol. The first-order valence-corrected chi connectivity index (χ1v) is 7.71. The number of amides is 1. The molecule has 0 atom stereocenters. The van der Waals surface area contributed by atoms with Crippen LogP contribution in [0.25, 0.3) is 11.1 Å². The van der Waals surface area contributed by atoms with Gasteiger partial charge in [0.1, 0.15) is 17.8 Å². The molecule has 24 heavy (non-hydrogen) atoms. The molecule has 1 aromatic carbocycles. The monoisotopic (exact) mass is 326 g/mol. The van der Waals surface area contributed by atoms with E-state index in [1.807, 2.05) is 24.3 Å². The van der Waals surface area contributed by atoms with Gasteiger partial charge >= 0.3 is 0 Å². The Morgan fingerprint density at radius 1 is 1.25 bits per heavy atom. The lowest BCUT2D eigenvalue weighted by Crippen LogP contribution is -2.30. The quantitative estimate of drug-likeness (QED) is 0.794. The van der Waals surface area contributed by atoms with E-state index in [9.17, 15) is 9.59 Å². The van der Waals surface area contributed by atoms with Crippen molar-refractivity contribution in [2.24, 2.45) is 0 Å². The van der Waals surface area contributed by atoms with Crippen molar-refractivity contribution in [1.82, 2.24) is 14.7 Å². The van der Waals surface area contributed by atoms with Crippen LogP contribution >= 0.6 is 0 Å². The largest absolute Gasteiger partial charge is 0.335 e. The van der Waals surface area contributed by atoms with Crippen LogP contribution in [0.3, 0.4) is 0 Å². The van der Waals surface area contributed by atoms with Gasteiger partial charge < -0.3 is 9.84 Å². The minimum absolute atomic E-state index is 0.117. The Balaban J connectivity index is 1.84. The Hall–Kier alpha value is -2.96. The number of carbonyl (C=O) groups excluding carboxylic acids is 1. The number of aromatic nitrogens is 3. The Bertz CT molecular complexity index is 954. The summed E-state index contributed by atoms with van der Waals surface area (Å²) in [6.07, 6.45) is 0.937. The molecule has 7 heteroatoms. The second kappa shape index (κ2) is 6.27. The van der Waals surface area contributed by atoms with Crippen molar-refractivity contribution in [3.63, 3.8) is 0 Å². The average Bonchev–Trinajstić information content (AvgIpc) is 2.93. The molecule has 124 valence electrons. The van der Waals surface area contributed by atoms with E-state index in [-0.39, 0.29) is 23.7 Å². The van der Waals surface area contributed by atoms with E-state index in [4.69, 9.17) is 4.52 Å². The highest BCUT2D eigenvalue weighted by molar-refractivity contribution is 5.90. The molecule has 2 heterocycles. The molecule has 0 fully saturated rings. The van der Waals surface area contributed by atoms with E-state index < -0.39 is 0 Å². The zero-order valence-electron chi connectivity index (χ0n) is 13.8. The van der Waals surface area contributed by atoms with Crippen LogP contribution in [0.15, 0.2) is 33.6 Å². The molecule has 0 aliphatic carbocycles. The normalized spacial score (nSPS) is 11.0. The third-order valence-electron chi connectivity index (χ3n) is 3.91. The minimum atomic E-state index is -0.326. The van der Waals surface area contributed by atoms with Crippen LogP contribution in [0.2, 0.25) is 0 Å². The van der Waals surface area contributed by atoms with Gasteiger partial charge in [-0.25, -0.2) is 0 Å². The van der Waals surface area contributed by atoms with Gasteiger partial charge in [-0.3, -0.25) is 14.2 Å². The lowest BCUT2D eigenvalue weighted by molar-refractivity contribution is -0.116. The Morgan fingerprint density at radius 3 is 2.62 bits per heavy atom. The molecule has 0 radical (unpaired) electrons. The Kier molecular flexibility index (Phi) is 4.16. The third-order valence-corrected chi connectivity index (χ3v) is 3.91. The van der Waals surface area contributed by atoms with Crippen LogP contribution in [0.4, 0.5) is 5.69 Å². The highest BCUT2D eigenvalue weighted by Crippen LogP contribution is 2.13. The third kappa shape index (κ3) is 2.92. The molecule has 0 aliphatic heterocycles. The number of benzene rings is 1. The van der Waals surface area contributed by atoms with E-state index in [2.05, 4.69) is 22.4 Å². The number of hydrogen-bond acceptors (Lipinski definition) is 5. The molecular weight excluding hydrogens is 308 g/mol. The fraction of sp³-hybridized carbons (Fsp3) is 0.294. The van der Waals surface area contributed by atoms with Crippen molar-refractivity contribution in [1.29, 1.82) is 0 Å². The topological polar surface area (TPSA) is 90.0 Å². The van der Waals surface area contributed by atoms with Gasteiger partial charge in [-0.1, -0.05) is 24.2 Å². The second-order valence-electron chi connectivity index (χ2n) is 5.60. The Labute approximate surface area is 138 Å². The van der Waals surface area contributed by atoms with Crippen molar-refractivity contribution in [2.75, 3.05) is 5.32 Å². The molecule has 0 saturated heterocycles. The van der Waals surface area contributed by atoms with E-state index in [0.29, 0.717) is 22.6 Å². The summed E-state index contributed by atoms with van der Waals surface area (Å²) >= 11 is 0. The molecule has 3 rings (SSSR count). The zero-order chi connectivity index (χ0) is 17.3. The van der Waals surface area contributed by atoms with Gasteiger partial charge in [0, 0.05) is 5.69 Å². The van der Waals surface area contributed by atoms with E-state index >= 15 is 0 Å². The van der Waals surface area contributed by atoms with Gasteiger partial charge in [0.15, 0.2) is 0 Å². The molecule has 0 aliphatic rings. The fourth-order valence-corrected chi connectivity index (χ4v) is 2.52. The SMILES string of the molecule is CCc1ccc(NC(=O)Cn2c(C)nc3onc(C)c3c2=O)cc1. The summed E-state index contributed by atoms with van der Waals surface area (Å²) in [4.78, 5) is 29.0. The van der Waals surface area contributed by atoms with E-state index in [0.717, 1.165) is 6.42 Å². The summed E-state index contributed by atoms with van der Waals surface area (Å²) < 4.78 is 6.33. The van der Waals surface area contributed by atoms with Crippen LogP contribution in [-0.4, -0.2) is 20.6 Å². The maximum Gasteiger partial charge on any atom is 0.267 e. The summed E-state index contributed by atoms with van der Waals surface area (Å²) in [6.45, 7) is 5.28. The molecule has 2 aromatic heterocycles. The summed E-state index contributed by atoms with van der Waals surface area (Å²) in [5.41, 5.74) is 2.22. The summed E-state index contributed by atoms with van der Waals surface area (Å²) in [6, 6.07) is 7.61. The molecule has 3 aromatic rings. The molecule has 0 unspecified atom stereocenters. The van der Waals surface area contributed by atoms with Crippen LogP contribution in [0.1, 0.15) is 24.0 Å². The zero-order valence-corrected chi connectivity index (χ0v) is 13.8. The number of nitrogens with one attached hydrogen (secondary N) is 1. The summed E-state index contributed by atoms with van der Waals surface area (Å²) in [5.74, 6) is 0.111. The molecule has 1 N–H and O–H groups in total.